The zero-order valence-electron chi connectivity index (χ0n) is 12.7. The minimum absolute atomic E-state index is 0.0256. The highest BCUT2D eigenvalue weighted by Gasteiger charge is 2.15. The fourth-order valence-corrected chi connectivity index (χ4v) is 2.23. The quantitative estimate of drug-likeness (QED) is 0.855. The number of hydrogen-bond acceptors (Lipinski definition) is 3. The molecular formula is C18H21NO3. The molecule has 116 valence electrons. The molecule has 1 N–H and O–H groups in total. The molecule has 0 aliphatic rings. The maximum absolute atomic E-state index is 12.5. The van der Waals surface area contributed by atoms with Crippen LogP contribution in [0.1, 0.15) is 11.1 Å². The lowest BCUT2D eigenvalue weighted by Crippen LogP contribution is -2.34. The number of nitrogens with zero attached hydrogens (tertiary/aromatic N) is 1. The summed E-state index contributed by atoms with van der Waals surface area (Å²) in [6, 6.07) is 16.8. The van der Waals surface area contributed by atoms with Gasteiger partial charge in [-0.3, -0.25) is 4.79 Å². The van der Waals surface area contributed by atoms with Crippen LogP contribution in [0.25, 0.3) is 0 Å². The number of methoxy groups -OCH3 is 1. The molecule has 0 aliphatic carbocycles. The summed E-state index contributed by atoms with van der Waals surface area (Å²) < 4.78 is 5.09. The third-order valence-electron chi connectivity index (χ3n) is 3.47. The van der Waals surface area contributed by atoms with Gasteiger partial charge in [0.05, 0.1) is 13.0 Å². The van der Waals surface area contributed by atoms with Gasteiger partial charge in [0.2, 0.25) is 5.91 Å². The van der Waals surface area contributed by atoms with Crippen LogP contribution in [0.2, 0.25) is 0 Å². The van der Waals surface area contributed by atoms with Crippen LogP contribution < -0.4 is 0 Å². The van der Waals surface area contributed by atoms with Crippen molar-refractivity contribution in [3.63, 3.8) is 0 Å². The molecule has 0 aromatic heterocycles. The Labute approximate surface area is 131 Å². The lowest BCUT2D eigenvalue weighted by molar-refractivity contribution is -0.131. The van der Waals surface area contributed by atoms with Crippen LogP contribution in [0.4, 0.5) is 0 Å². The lowest BCUT2D eigenvalue weighted by atomic mass is 10.1. The van der Waals surface area contributed by atoms with Crippen LogP contribution >= 0.6 is 0 Å². The van der Waals surface area contributed by atoms with E-state index in [-0.39, 0.29) is 18.1 Å². The van der Waals surface area contributed by atoms with Gasteiger partial charge in [0.15, 0.2) is 0 Å². The fourth-order valence-electron chi connectivity index (χ4n) is 2.23. The number of ether oxygens (including phenoxy) is 1. The van der Waals surface area contributed by atoms with Crippen LogP contribution in [0, 0.1) is 0 Å². The Balaban J connectivity index is 2.07. The first-order valence-corrected chi connectivity index (χ1v) is 7.28. The molecule has 0 spiro atoms. The van der Waals surface area contributed by atoms with Gasteiger partial charge in [0, 0.05) is 25.8 Å². The highest BCUT2D eigenvalue weighted by molar-refractivity contribution is 5.79. The van der Waals surface area contributed by atoms with Crippen molar-refractivity contribution in [2.45, 2.75) is 13.0 Å². The molecule has 0 radical (unpaired) electrons. The number of benzene rings is 2. The Morgan fingerprint density at radius 1 is 1.09 bits per heavy atom. The number of amides is 1. The Hall–Kier alpha value is -2.33. The van der Waals surface area contributed by atoms with E-state index in [1.807, 2.05) is 36.4 Å². The molecular weight excluding hydrogens is 278 g/mol. The molecule has 2 rings (SSSR count). The van der Waals surface area contributed by atoms with Crippen molar-refractivity contribution >= 4 is 5.91 Å². The summed E-state index contributed by atoms with van der Waals surface area (Å²) in [6.07, 6.45) is 0.184. The molecule has 1 amide bonds. The van der Waals surface area contributed by atoms with E-state index in [9.17, 15) is 9.90 Å². The minimum Gasteiger partial charge on any atom is -0.508 e. The number of rotatable bonds is 7. The topological polar surface area (TPSA) is 49.8 Å². The molecule has 0 unspecified atom stereocenters. The van der Waals surface area contributed by atoms with Crippen LogP contribution in [0.5, 0.6) is 5.75 Å². The van der Waals surface area contributed by atoms with E-state index in [2.05, 4.69) is 0 Å². The zero-order chi connectivity index (χ0) is 15.8. The first kappa shape index (κ1) is 16.0. The first-order valence-electron chi connectivity index (χ1n) is 7.28. The van der Waals surface area contributed by atoms with Crippen LogP contribution in [0.3, 0.4) is 0 Å². The van der Waals surface area contributed by atoms with Crippen LogP contribution in [-0.4, -0.2) is 36.2 Å². The summed E-state index contributed by atoms with van der Waals surface area (Å²) in [5, 5.41) is 9.81. The molecule has 2 aromatic carbocycles. The van der Waals surface area contributed by atoms with Crippen molar-refractivity contribution in [3.8, 4) is 5.75 Å². The summed E-state index contributed by atoms with van der Waals surface area (Å²) in [7, 11) is 1.62. The van der Waals surface area contributed by atoms with Crippen molar-refractivity contribution in [2.24, 2.45) is 0 Å². The third kappa shape index (κ3) is 4.60. The molecule has 0 heterocycles. The Morgan fingerprint density at radius 3 is 2.45 bits per heavy atom. The normalized spacial score (nSPS) is 10.4. The zero-order valence-corrected chi connectivity index (χ0v) is 12.7. The highest BCUT2D eigenvalue weighted by Crippen LogP contribution is 2.17. The summed E-state index contributed by atoms with van der Waals surface area (Å²) in [5.74, 6) is 0.129. The second-order valence-electron chi connectivity index (χ2n) is 5.10. The van der Waals surface area contributed by atoms with Gasteiger partial charge in [-0.2, -0.15) is 0 Å². The van der Waals surface area contributed by atoms with E-state index in [1.165, 1.54) is 0 Å². The molecule has 0 saturated carbocycles. The summed E-state index contributed by atoms with van der Waals surface area (Å²) in [6.45, 7) is 1.55. The Morgan fingerprint density at radius 2 is 1.77 bits per heavy atom. The molecule has 0 aliphatic heterocycles. The predicted octanol–water partition coefficient (Wildman–Crippen LogP) is 2.61. The van der Waals surface area contributed by atoms with Gasteiger partial charge in [-0.25, -0.2) is 0 Å². The number of hydrogen-bond donors (Lipinski definition) is 1. The summed E-state index contributed by atoms with van der Waals surface area (Å²) >= 11 is 0. The molecule has 22 heavy (non-hydrogen) atoms. The lowest BCUT2D eigenvalue weighted by Gasteiger charge is -2.23. The molecule has 0 saturated heterocycles. The van der Waals surface area contributed by atoms with Crippen molar-refractivity contribution in [2.75, 3.05) is 20.3 Å². The van der Waals surface area contributed by atoms with Crippen molar-refractivity contribution in [1.82, 2.24) is 4.90 Å². The average Bonchev–Trinajstić information content (AvgIpc) is 2.54. The maximum Gasteiger partial charge on any atom is 0.227 e. The Bertz CT molecular complexity index is 598. The summed E-state index contributed by atoms with van der Waals surface area (Å²) in [5.41, 5.74) is 1.72. The number of para-hydroxylation sites is 1. The fraction of sp³-hybridized carbons (Fsp3) is 0.278. The molecule has 4 heteroatoms. The van der Waals surface area contributed by atoms with E-state index in [1.54, 1.807) is 30.2 Å². The standard InChI is InChI=1S/C18H21NO3/c1-22-12-11-19(14-15-7-3-2-4-8-15)18(21)13-16-9-5-6-10-17(16)20/h2-10,20H,11-14H2,1H3. The van der Waals surface area contributed by atoms with Crippen LogP contribution in [0.15, 0.2) is 54.6 Å². The number of carbonyl (C=O) groups is 1. The molecule has 0 fully saturated rings. The van der Waals surface area contributed by atoms with Gasteiger partial charge in [-0.1, -0.05) is 48.5 Å². The SMILES string of the molecule is COCCN(Cc1ccccc1)C(=O)Cc1ccccc1O. The van der Waals surface area contributed by atoms with Crippen molar-refractivity contribution in [3.05, 3.63) is 65.7 Å². The van der Waals surface area contributed by atoms with Gasteiger partial charge in [0.25, 0.3) is 0 Å². The predicted molar refractivity (Wildman–Crippen MR) is 85.5 cm³/mol. The van der Waals surface area contributed by atoms with E-state index in [0.29, 0.717) is 25.3 Å². The third-order valence-corrected chi connectivity index (χ3v) is 3.47. The average molecular weight is 299 g/mol. The Kier molecular flexibility index (Phi) is 5.98. The second-order valence-corrected chi connectivity index (χ2v) is 5.10. The van der Waals surface area contributed by atoms with Crippen LogP contribution in [-0.2, 0) is 22.5 Å². The van der Waals surface area contributed by atoms with Gasteiger partial charge < -0.3 is 14.7 Å². The van der Waals surface area contributed by atoms with E-state index in [0.717, 1.165) is 5.56 Å². The highest BCUT2D eigenvalue weighted by atomic mass is 16.5. The molecule has 2 aromatic rings. The first-order chi connectivity index (χ1) is 10.7. The largest absolute Gasteiger partial charge is 0.508 e. The summed E-state index contributed by atoms with van der Waals surface area (Å²) in [4.78, 5) is 14.3. The molecule has 0 atom stereocenters. The smallest absolute Gasteiger partial charge is 0.227 e. The monoisotopic (exact) mass is 299 g/mol. The van der Waals surface area contributed by atoms with Gasteiger partial charge >= 0.3 is 0 Å². The van der Waals surface area contributed by atoms with E-state index in [4.69, 9.17) is 4.74 Å². The van der Waals surface area contributed by atoms with E-state index >= 15 is 0 Å². The van der Waals surface area contributed by atoms with E-state index < -0.39 is 0 Å². The van der Waals surface area contributed by atoms with Crippen molar-refractivity contribution < 1.29 is 14.6 Å². The van der Waals surface area contributed by atoms with Gasteiger partial charge in [-0.15, -0.1) is 0 Å². The van der Waals surface area contributed by atoms with Gasteiger partial charge in [-0.05, 0) is 11.6 Å². The maximum atomic E-state index is 12.5. The van der Waals surface area contributed by atoms with Gasteiger partial charge in [0.1, 0.15) is 5.75 Å². The number of phenolic OH excluding ortho intramolecular Hbond substituents is 1. The minimum atomic E-state index is -0.0256. The van der Waals surface area contributed by atoms with Crippen molar-refractivity contribution in [1.29, 1.82) is 0 Å². The molecule has 0 bridgehead atoms. The number of phenols is 1. The number of aromatic hydroxyl groups is 1. The molecule has 4 nitrogen and oxygen atoms in total. The number of carbonyl (C=O) groups excluding carboxylic acids is 1. The second kappa shape index (κ2) is 8.20.